The van der Waals surface area contributed by atoms with Crippen LogP contribution in [0.5, 0.6) is 0 Å². The van der Waals surface area contributed by atoms with Crippen molar-refractivity contribution in [2.75, 3.05) is 27.2 Å². The highest BCUT2D eigenvalue weighted by atomic mass is 32.2. The fourth-order valence-electron chi connectivity index (χ4n) is 1.87. The zero-order chi connectivity index (χ0) is 15.1. The summed E-state index contributed by atoms with van der Waals surface area (Å²) in [5.74, 6) is -0.412. The van der Waals surface area contributed by atoms with E-state index in [1.807, 2.05) is 0 Å². The Bertz CT molecular complexity index is 407. The number of aliphatic hydroxyl groups is 1. The molecule has 0 aliphatic rings. The van der Waals surface area contributed by atoms with Gasteiger partial charge in [0.1, 0.15) is 0 Å². The predicted octanol–water partition coefficient (Wildman–Crippen LogP) is -0.403. The zero-order valence-electron chi connectivity index (χ0n) is 11.3. The van der Waals surface area contributed by atoms with Gasteiger partial charge in [0.2, 0.25) is 5.91 Å². The molecular weight excluding hydrogens is 272 g/mol. The quantitative estimate of drug-likeness (QED) is 0.394. The lowest BCUT2D eigenvalue weighted by Crippen LogP contribution is -2.52. The Labute approximate surface area is 114 Å². The molecule has 0 spiro atoms. The van der Waals surface area contributed by atoms with Crippen LogP contribution in [-0.2, 0) is 14.9 Å². The molecule has 0 saturated heterocycles. The molecule has 19 heavy (non-hydrogen) atoms. The summed E-state index contributed by atoms with van der Waals surface area (Å²) in [6.45, 7) is 3.19. The van der Waals surface area contributed by atoms with Crippen molar-refractivity contribution in [1.82, 2.24) is 10.2 Å². The summed E-state index contributed by atoms with van der Waals surface area (Å²) in [5.41, 5.74) is 0. The standard InChI is InChI=1S/C11H22N2O5S/c1-4-10(15)12-8-7-11(13(2)3,6-5-9-14)19(16,17)18/h4,14H,1,5-9H2,2-3H3,(H,12,15)(H,16,17,18). The van der Waals surface area contributed by atoms with Gasteiger partial charge in [0.15, 0.2) is 4.87 Å². The Morgan fingerprint density at radius 3 is 2.37 bits per heavy atom. The second kappa shape index (κ2) is 7.59. The third-order valence-corrected chi connectivity index (χ3v) is 4.75. The molecule has 0 aromatic heterocycles. The van der Waals surface area contributed by atoms with Crippen molar-refractivity contribution in [3.05, 3.63) is 12.7 Å². The molecule has 0 rings (SSSR count). The molecule has 1 amide bonds. The van der Waals surface area contributed by atoms with E-state index < -0.39 is 20.9 Å². The largest absolute Gasteiger partial charge is 0.396 e. The number of nitrogens with one attached hydrogen (secondary N) is 1. The molecule has 0 saturated carbocycles. The third-order valence-electron chi connectivity index (χ3n) is 3.02. The lowest BCUT2D eigenvalue weighted by atomic mass is 10.1. The zero-order valence-corrected chi connectivity index (χ0v) is 12.1. The van der Waals surface area contributed by atoms with Crippen molar-refractivity contribution in [3.63, 3.8) is 0 Å². The van der Waals surface area contributed by atoms with Gasteiger partial charge in [0, 0.05) is 13.2 Å². The topological polar surface area (TPSA) is 107 Å². The molecule has 0 aliphatic heterocycles. The fourth-order valence-corrected chi connectivity index (χ4v) is 3.09. The first-order valence-electron chi connectivity index (χ1n) is 5.87. The van der Waals surface area contributed by atoms with Gasteiger partial charge in [0.05, 0.1) is 0 Å². The molecule has 112 valence electrons. The molecule has 0 aliphatic carbocycles. The van der Waals surface area contributed by atoms with Gasteiger partial charge in [-0.2, -0.15) is 8.42 Å². The molecule has 7 nitrogen and oxygen atoms in total. The Balaban J connectivity index is 5.02. The summed E-state index contributed by atoms with van der Waals surface area (Å²) in [6, 6.07) is 0. The number of carbonyl (C=O) groups is 1. The van der Waals surface area contributed by atoms with E-state index >= 15 is 0 Å². The minimum absolute atomic E-state index is 0.0123. The van der Waals surface area contributed by atoms with E-state index in [4.69, 9.17) is 5.11 Å². The third kappa shape index (κ3) is 4.90. The lowest BCUT2D eigenvalue weighted by molar-refractivity contribution is -0.116. The molecule has 8 heteroatoms. The minimum atomic E-state index is -4.37. The summed E-state index contributed by atoms with van der Waals surface area (Å²) in [7, 11) is -1.31. The normalized spacial score (nSPS) is 15.0. The molecule has 1 unspecified atom stereocenters. The van der Waals surface area contributed by atoms with Gasteiger partial charge in [-0.05, 0) is 39.4 Å². The van der Waals surface area contributed by atoms with E-state index in [1.54, 1.807) is 0 Å². The van der Waals surface area contributed by atoms with Crippen LogP contribution in [0.25, 0.3) is 0 Å². The number of amides is 1. The van der Waals surface area contributed by atoms with Crippen molar-refractivity contribution < 1.29 is 22.9 Å². The summed E-state index contributed by atoms with van der Waals surface area (Å²) in [6.07, 6.45) is 1.39. The van der Waals surface area contributed by atoms with Crippen molar-refractivity contribution in [2.45, 2.75) is 24.1 Å². The molecule has 1 atom stereocenters. The maximum Gasteiger partial charge on any atom is 0.284 e. The average molecular weight is 294 g/mol. The molecular formula is C11H22N2O5S. The van der Waals surface area contributed by atoms with Crippen LogP contribution in [0, 0.1) is 0 Å². The van der Waals surface area contributed by atoms with Gasteiger partial charge in [-0.15, -0.1) is 0 Å². The predicted molar refractivity (Wildman–Crippen MR) is 72.1 cm³/mol. The van der Waals surface area contributed by atoms with Gasteiger partial charge in [-0.25, -0.2) is 0 Å². The second-order valence-corrected chi connectivity index (χ2v) is 6.10. The van der Waals surface area contributed by atoms with Gasteiger partial charge < -0.3 is 10.4 Å². The van der Waals surface area contributed by atoms with Gasteiger partial charge in [0.25, 0.3) is 10.1 Å². The number of hydrogen-bond donors (Lipinski definition) is 3. The average Bonchev–Trinajstić information content (AvgIpc) is 2.31. The highest BCUT2D eigenvalue weighted by Crippen LogP contribution is 2.28. The summed E-state index contributed by atoms with van der Waals surface area (Å²) >= 11 is 0. The maximum absolute atomic E-state index is 11.6. The van der Waals surface area contributed by atoms with Crippen LogP contribution in [0.2, 0.25) is 0 Å². The monoisotopic (exact) mass is 294 g/mol. The fraction of sp³-hybridized carbons (Fsp3) is 0.727. The van der Waals surface area contributed by atoms with Crippen molar-refractivity contribution in [1.29, 1.82) is 0 Å². The van der Waals surface area contributed by atoms with Crippen LogP contribution in [0.4, 0.5) is 0 Å². The van der Waals surface area contributed by atoms with Crippen LogP contribution >= 0.6 is 0 Å². The van der Waals surface area contributed by atoms with Gasteiger partial charge in [-0.3, -0.25) is 14.2 Å². The number of aliphatic hydroxyl groups excluding tert-OH is 1. The van der Waals surface area contributed by atoms with Crippen LogP contribution < -0.4 is 5.32 Å². The van der Waals surface area contributed by atoms with E-state index in [9.17, 15) is 17.8 Å². The molecule has 0 bridgehead atoms. The number of hydrogen-bond acceptors (Lipinski definition) is 5. The van der Waals surface area contributed by atoms with Gasteiger partial charge in [-0.1, -0.05) is 6.58 Å². The van der Waals surface area contributed by atoms with Crippen molar-refractivity contribution >= 4 is 16.0 Å². The Morgan fingerprint density at radius 2 is 2.00 bits per heavy atom. The Hall–Kier alpha value is -0.960. The first-order valence-corrected chi connectivity index (χ1v) is 7.31. The highest BCUT2D eigenvalue weighted by Gasteiger charge is 2.44. The second-order valence-electron chi connectivity index (χ2n) is 4.39. The lowest BCUT2D eigenvalue weighted by Gasteiger charge is -2.36. The minimum Gasteiger partial charge on any atom is -0.396 e. The maximum atomic E-state index is 11.6. The van der Waals surface area contributed by atoms with Crippen molar-refractivity contribution in [2.24, 2.45) is 0 Å². The van der Waals surface area contributed by atoms with Crippen LogP contribution in [0.1, 0.15) is 19.3 Å². The summed E-state index contributed by atoms with van der Waals surface area (Å²) < 4.78 is 32.8. The molecule has 0 aromatic carbocycles. The van der Waals surface area contributed by atoms with E-state index in [0.717, 1.165) is 6.08 Å². The molecule has 0 heterocycles. The molecule has 3 N–H and O–H groups in total. The smallest absolute Gasteiger partial charge is 0.284 e. The van der Waals surface area contributed by atoms with Gasteiger partial charge >= 0.3 is 0 Å². The first kappa shape index (κ1) is 18.0. The van der Waals surface area contributed by atoms with E-state index in [2.05, 4.69) is 11.9 Å². The van der Waals surface area contributed by atoms with E-state index in [-0.39, 0.29) is 32.4 Å². The van der Waals surface area contributed by atoms with Crippen LogP contribution in [0.15, 0.2) is 12.7 Å². The molecule has 0 radical (unpaired) electrons. The number of rotatable bonds is 9. The van der Waals surface area contributed by atoms with Crippen molar-refractivity contribution in [3.8, 4) is 0 Å². The van der Waals surface area contributed by atoms with Crippen LogP contribution in [0.3, 0.4) is 0 Å². The SMILES string of the molecule is C=CC(=O)NCCC(CCCO)(N(C)C)S(=O)(=O)O. The first-order chi connectivity index (χ1) is 8.71. The van der Waals surface area contributed by atoms with E-state index in [1.165, 1.54) is 19.0 Å². The summed E-state index contributed by atoms with van der Waals surface area (Å²) in [5, 5.41) is 11.3. The molecule has 0 fully saturated rings. The Morgan fingerprint density at radius 1 is 1.42 bits per heavy atom. The number of carbonyl (C=O) groups excluding carboxylic acids is 1. The summed E-state index contributed by atoms with van der Waals surface area (Å²) in [4.78, 5) is 10.9. The van der Waals surface area contributed by atoms with E-state index in [0.29, 0.717) is 0 Å². The van der Waals surface area contributed by atoms with Crippen LogP contribution in [-0.4, -0.2) is 61.0 Å². The number of nitrogens with zero attached hydrogens (tertiary/aromatic N) is 1. The highest BCUT2D eigenvalue weighted by molar-refractivity contribution is 7.87. The Kier molecular flexibility index (Phi) is 7.20. The molecule has 0 aromatic rings.